The third kappa shape index (κ3) is 1.67. The first-order chi connectivity index (χ1) is 1.91. The molecule has 0 bridgehead atoms. The van der Waals surface area contributed by atoms with Gasteiger partial charge in [0.2, 0.25) is 0 Å². The summed E-state index contributed by atoms with van der Waals surface area (Å²) in [7, 11) is -0.221. The lowest BCUT2D eigenvalue weighted by Gasteiger charge is -1.40. The van der Waals surface area contributed by atoms with Crippen molar-refractivity contribution in [2.45, 2.75) is 0 Å². The van der Waals surface area contributed by atoms with Crippen molar-refractivity contribution in [3.8, 4) is 0 Å². The highest BCUT2D eigenvalue weighted by molar-refractivity contribution is 6.36. The van der Waals surface area contributed by atoms with Crippen LogP contribution in [0.1, 0.15) is 0 Å². The second-order valence-corrected chi connectivity index (χ2v) is 0.866. The van der Waals surface area contributed by atoms with Crippen LogP contribution in [-0.4, -0.2) is 19.5 Å². The molecule has 0 aliphatic heterocycles. The largest absolute Gasteiger partial charge is 0.558 e. The molecule has 2 heteroatoms. The van der Waals surface area contributed by atoms with E-state index in [4.69, 9.17) is 4.80 Å². The first-order valence-corrected chi connectivity index (χ1v) is 1.77. The number of rotatable bonds is 0. The SMILES string of the molecule is C=C=[Si]O. The Morgan fingerprint density at radius 3 is 2.25 bits per heavy atom. The van der Waals surface area contributed by atoms with Crippen molar-refractivity contribution in [2.75, 3.05) is 0 Å². The molecule has 0 rings (SSSR count). The minimum Gasteiger partial charge on any atom is -0.558 e. The lowest BCUT2D eigenvalue weighted by Crippen LogP contribution is -1.61. The molecule has 0 saturated carbocycles. The summed E-state index contributed by atoms with van der Waals surface area (Å²) >= 11 is 0. The monoisotopic (exact) mass is 71.0 g/mol. The van der Waals surface area contributed by atoms with E-state index in [2.05, 4.69) is 11.9 Å². The predicted molar refractivity (Wildman–Crippen MR) is 18.6 cm³/mol. The van der Waals surface area contributed by atoms with Crippen LogP contribution in [0.25, 0.3) is 0 Å². The Morgan fingerprint density at radius 2 is 2.25 bits per heavy atom. The van der Waals surface area contributed by atoms with Crippen LogP contribution in [0.15, 0.2) is 6.58 Å². The summed E-state index contributed by atoms with van der Waals surface area (Å²) in [5.41, 5.74) is 0. The summed E-state index contributed by atoms with van der Waals surface area (Å²) in [6.07, 6.45) is 0. The Kier molecular flexibility index (Phi) is 2.44. The number of hydrogen-bond donors (Lipinski definition) is 1. The Hall–Kier alpha value is -0.333. The van der Waals surface area contributed by atoms with Gasteiger partial charge in [-0.3, -0.25) is 0 Å². The Morgan fingerprint density at radius 1 is 2.00 bits per heavy atom. The summed E-state index contributed by atoms with van der Waals surface area (Å²) in [4.78, 5) is 7.73. The average molecular weight is 71.1 g/mol. The van der Waals surface area contributed by atoms with E-state index in [0.29, 0.717) is 0 Å². The average Bonchev–Trinajstić information content (AvgIpc) is 1.37. The van der Waals surface area contributed by atoms with Gasteiger partial charge in [0.05, 0.1) is 0 Å². The van der Waals surface area contributed by atoms with Crippen LogP contribution in [0.4, 0.5) is 0 Å². The summed E-state index contributed by atoms with van der Waals surface area (Å²) in [6.45, 7) is 3.12. The van der Waals surface area contributed by atoms with Gasteiger partial charge in [-0.25, -0.2) is 0 Å². The molecule has 0 saturated heterocycles. The summed E-state index contributed by atoms with van der Waals surface area (Å²) in [6, 6.07) is 0. The molecule has 0 amide bonds. The fourth-order valence-corrected chi connectivity index (χ4v) is 0. The van der Waals surface area contributed by atoms with Crippen LogP contribution in [0.5, 0.6) is 0 Å². The van der Waals surface area contributed by atoms with Crippen LogP contribution in [0.3, 0.4) is 0 Å². The minimum absolute atomic E-state index is 0.221. The van der Waals surface area contributed by atoms with Crippen molar-refractivity contribution >= 4 is 14.7 Å². The van der Waals surface area contributed by atoms with Gasteiger partial charge in [0.1, 0.15) is 0 Å². The Balaban J connectivity index is 3.11. The van der Waals surface area contributed by atoms with Crippen LogP contribution in [0.2, 0.25) is 0 Å². The third-order valence-corrected chi connectivity index (χ3v) is 0.237. The van der Waals surface area contributed by atoms with Crippen molar-refractivity contribution in [3.05, 3.63) is 6.58 Å². The second kappa shape index (κ2) is 2.67. The van der Waals surface area contributed by atoms with Crippen LogP contribution >= 0.6 is 0 Å². The fraction of sp³-hybridized carbons (Fsp3) is 0. The molecule has 1 N–H and O–H groups in total. The van der Waals surface area contributed by atoms with Gasteiger partial charge >= 0.3 is 9.38 Å². The van der Waals surface area contributed by atoms with Gasteiger partial charge in [-0.05, 0) is 0 Å². The van der Waals surface area contributed by atoms with Gasteiger partial charge in [0, 0.05) is 0 Å². The van der Waals surface area contributed by atoms with Crippen molar-refractivity contribution in [3.63, 3.8) is 0 Å². The first kappa shape index (κ1) is 3.67. The highest BCUT2D eigenvalue weighted by Gasteiger charge is 1.33. The van der Waals surface area contributed by atoms with Crippen molar-refractivity contribution in [1.82, 2.24) is 0 Å². The molecule has 0 atom stereocenters. The van der Waals surface area contributed by atoms with E-state index in [1.165, 1.54) is 0 Å². The van der Waals surface area contributed by atoms with E-state index in [9.17, 15) is 0 Å². The molecule has 0 aromatic heterocycles. The molecule has 1 nitrogen and oxygen atoms in total. The van der Waals surface area contributed by atoms with Crippen molar-refractivity contribution in [1.29, 1.82) is 0 Å². The lowest BCUT2D eigenvalue weighted by molar-refractivity contribution is 0.624. The molecular formula is C2H3OSi. The third-order valence-electron chi connectivity index (χ3n) is 0.0791. The maximum Gasteiger partial charge on any atom is 0.343 e. The molecule has 0 unspecified atom stereocenters. The maximum absolute atomic E-state index is 7.73. The van der Waals surface area contributed by atoms with Crippen LogP contribution in [0, 0.1) is 0 Å². The molecule has 0 aliphatic carbocycles. The normalized spacial score (nSPS) is 4.00. The first-order valence-electron chi connectivity index (χ1n) is 0.827. The van der Waals surface area contributed by atoms with E-state index < -0.39 is 0 Å². The minimum atomic E-state index is -0.221. The number of hydrogen-bond acceptors (Lipinski definition) is 1. The Labute approximate surface area is 27.1 Å². The quantitative estimate of drug-likeness (QED) is 0.370. The zero-order valence-corrected chi connectivity index (χ0v) is 3.15. The standard InChI is InChI=1S/C2H3OSi/c1-2-4-3/h3H,1H2. The van der Waals surface area contributed by atoms with E-state index in [-0.39, 0.29) is 9.38 Å². The van der Waals surface area contributed by atoms with Gasteiger partial charge in [0.25, 0.3) is 0 Å². The predicted octanol–water partition coefficient (Wildman–Crippen LogP) is -0.815. The molecule has 0 aromatic rings. The van der Waals surface area contributed by atoms with Gasteiger partial charge in [-0.1, -0.05) is 6.58 Å². The van der Waals surface area contributed by atoms with E-state index in [0.717, 1.165) is 0 Å². The smallest absolute Gasteiger partial charge is 0.343 e. The van der Waals surface area contributed by atoms with Crippen molar-refractivity contribution < 1.29 is 4.80 Å². The molecule has 0 aromatic carbocycles. The molecule has 0 fully saturated rings. The summed E-state index contributed by atoms with van der Waals surface area (Å²) < 4.78 is 0. The molecular weight excluding hydrogens is 68.1 g/mol. The van der Waals surface area contributed by atoms with Gasteiger partial charge < -0.3 is 4.80 Å². The molecule has 0 heterocycles. The highest BCUT2D eigenvalue weighted by atomic mass is 28.2. The second-order valence-electron chi connectivity index (χ2n) is 0.289. The van der Waals surface area contributed by atoms with E-state index in [1.807, 2.05) is 0 Å². The van der Waals surface area contributed by atoms with Gasteiger partial charge in [-0.2, -0.15) is 0 Å². The molecule has 21 valence electrons. The zero-order chi connectivity index (χ0) is 3.41. The maximum atomic E-state index is 7.73. The van der Waals surface area contributed by atoms with Crippen LogP contribution < -0.4 is 0 Å². The molecule has 0 spiro atoms. The summed E-state index contributed by atoms with van der Waals surface area (Å²) in [5, 5.41) is 2.26. The topological polar surface area (TPSA) is 20.2 Å². The van der Waals surface area contributed by atoms with Crippen molar-refractivity contribution in [2.24, 2.45) is 0 Å². The van der Waals surface area contributed by atoms with E-state index >= 15 is 0 Å². The molecule has 0 aliphatic rings. The lowest BCUT2D eigenvalue weighted by atomic mass is 11.3. The van der Waals surface area contributed by atoms with Gasteiger partial charge in [-0.15, -0.1) is 5.33 Å². The van der Waals surface area contributed by atoms with Gasteiger partial charge in [0.15, 0.2) is 0 Å². The van der Waals surface area contributed by atoms with Crippen LogP contribution in [-0.2, 0) is 0 Å². The van der Waals surface area contributed by atoms with E-state index in [1.54, 1.807) is 0 Å². The molecule has 1 radical (unpaired) electrons. The Bertz CT molecular complexity index is 44.0. The highest BCUT2D eigenvalue weighted by Crippen LogP contribution is 1.04. The summed E-state index contributed by atoms with van der Waals surface area (Å²) in [5.74, 6) is 0. The zero-order valence-electron chi connectivity index (χ0n) is 2.15. The molecule has 4 heavy (non-hydrogen) atoms. The fourth-order valence-electron chi connectivity index (χ4n) is 0.